The monoisotopic (exact) mass is 259 g/mol. The lowest BCUT2D eigenvalue weighted by atomic mass is 9.91. The number of anilines is 1. The molecule has 102 valence electrons. The lowest BCUT2D eigenvalue weighted by Gasteiger charge is -2.34. The van der Waals surface area contributed by atoms with Crippen molar-refractivity contribution in [2.75, 3.05) is 24.7 Å². The summed E-state index contributed by atoms with van der Waals surface area (Å²) < 4.78 is 5.46. The van der Waals surface area contributed by atoms with Gasteiger partial charge in [-0.15, -0.1) is 0 Å². The molecule has 0 bridgehead atoms. The highest BCUT2D eigenvalue weighted by atomic mass is 16.5. The van der Waals surface area contributed by atoms with Crippen LogP contribution in [-0.4, -0.2) is 31.8 Å². The van der Waals surface area contributed by atoms with E-state index in [1.165, 1.54) is 5.56 Å². The molecule has 0 radical (unpaired) electrons. The molecule has 1 aromatic carbocycles. The third-order valence-electron chi connectivity index (χ3n) is 4.11. The van der Waals surface area contributed by atoms with Crippen LogP contribution < -0.4 is 10.6 Å². The predicted molar refractivity (Wildman–Crippen MR) is 77.5 cm³/mol. The summed E-state index contributed by atoms with van der Waals surface area (Å²) in [6.07, 6.45) is 2.21. The minimum atomic E-state index is 0.394. The summed E-state index contributed by atoms with van der Waals surface area (Å²) in [6.45, 7) is 4.65. The lowest BCUT2D eigenvalue weighted by molar-refractivity contribution is 0.0603. The van der Waals surface area contributed by atoms with Gasteiger partial charge in [0.25, 0.3) is 0 Å². The van der Waals surface area contributed by atoms with Crippen LogP contribution in [0.5, 0.6) is 0 Å². The van der Waals surface area contributed by atoms with E-state index < -0.39 is 0 Å². The van der Waals surface area contributed by atoms with Crippen LogP contribution in [-0.2, 0) is 4.74 Å². The van der Waals surface area contributed by atoms with Gasteiger partial charge in [0.15, 0.2) is 5.96 Å². The summed E-state index contributed by atoms with van der Waals surface area (Å²) in [4.78, 5) is 6.67. The number of rotatable bonds is 2. The van der Waals surface area contributed by atoms with Gasteiger partial charge >= 0.3 is 0 Å². The molecule has 2 N–H and O–H groups in total. The van der Waals surface area contributed by atoms with Crippen molar-refractivity contribution in [2.45, 2.75) is 25.8 Å². The van der Waals surface area contributed by atoms with Crippen LogP contribution in [0.2, 0.25) is 0 Å². The van der Waals surface area contributed by atoms with Gasteiger partial charge in [0.05, 0.1) is 12.6 Å². The summed E-state index contributed by atoms with van der Waals surface area (Å²) in [5, 5.41) is 0. The minimum absolute atomic E-state index is 0.394. The van der Waals surface area contributed by atoms with E-state index in [1.807, 2.05) is 0 Å². The quantitative estimate of drug-likeness (QED) is 0.883. The van der Waals surface area contributed by atoms with Crippen LogP contribution in [0.4, 0.5) is 5.69 Å². The van der Waals surface area contributed by atoms with Gasteiger partial charge in [0.1, 0.15) is 0 Å². The van der Waals surface area contributed by atoms with Gasteiger partial charge in [0.2, 0.25) is 0 Å². The summed E-state index contributed by atoms with van der Waals surface area (Å²) in [7, 11) is 0. The van der Waals surface area contributed by atoms with Gasteiger partial charge in [-0.1, -0.05) is 12.1 Å². The maximum atomic E-state index is 6.10. The van der Waals surface area contributed by atoms with E-state index in [9.17, 15) is 0 Å². The molecule has 0 saturated carbocycles. The number of ether oxygens (including phenoxy) is 1. The summed E-state index contributed by atoms with van der Waals surface area (Å²) in [6, 6.07) is 8.88. The Kier molecular flexibility index (Phi) is 3.42. The van der Waals surface area contributed by atoms with Crippen LogP contribution >= 0.6 is 0 Å². The molecule has 19 heavy (non-hydrogen) atoms. The first-order valence-electron chi connectivity index (χ1n) is 6.99. The van der Waals surface area contributed by atoms with Gasteiger partial charge < -0.3 is 15.4 Å². The van der Waals surface area contributed by atoms with Gasteiger partial charge in [-0.3, -0.25) is 4.99 Å². The first kappa shape index (κ1) is 12.5. The zero-order valence-electron chi connectivity index (χ0n) is 11.4. The molecule has 2 aliphatic rings. The number of nitrogens with two attached hydrogens (primary N) is 1. The number of aliphatic imine (C=N–C) groups is 1. The molecule has 2 heterocycles. The van der Waals surface area contributed by atoms with E-state index >= 15 is 0 Å². The first-order valence-corrected chi connectivity index (χ1v) is 6.99. The first-order chi connectivity index (χ1) is 9.25. The Hall–Kier alpha value is -1.55. The molecule has 1 unspecified atom stereocenters. The number of hydrogen-bond donors (Lipinski definition) is 1. The van der Waals surface area contributed by atoms with Crippen molar-refractivity contribution in [1.29, 1.82) is 0 Å². The molecule has 1 aromatic rings. The predicted octanol–water partition coefficient (Wildman–Crippen LogP) is 1.92. The van der Waals surface area contributed by atoms with Crippen molar-refractivity contribution in [1.82, 2.24) is 0 Å². The number of benzene rings is 1. The number of nitrogens with zero attached hydrogens (tertiary/aromatic N) is 2. The van der Waals surface area contributed by atoms with Gasteiger partial charge in [-0.25, -0.2) is 0 Å². The fraction of sp³-hybridized carbons (Fsp3) is 0.533. The van der Waals surface area contributed by atoms with Crippen molar-refractivity contribution >= 4 is 11.6 Å². The van der Waals surface area contributed by atoms with Gasteiger partial charge in [-0.05, 0) is 43.4 Å². The van der Waals surface area contributed by atoms with Crippen molar-refractivity contribution in [3.05, 3.63) is 29.8 Å². The topological polar surface area (TPSA) is 50.8 Å². The molecule has 3 rings (SSSR count). The average Bonchev–Trinajstić information content (AvgIpc) is 2.82. The van der Waals surface area contributed by atoms with E-state index in [1.54, 1.807) is 0 Å². The fourth-order valence-corrected chi connectivity index (χ4v) is 3.08. The maximum Gasteiger partial charge on any atom is 0.196 e. The Morgan fingerprint density at radius 3 is 2.84 bits per heavy atom. The van der Waals surface area contributed by atoms with E-state index in [-0.39, 0.29) is 0 Å². The Bertz CT molecular complexity index is 480. The molecule has 0 aromatic heterocycles. The van der Waals surface area contributed by atoms with E-state index in [0.717, 1.165) is 38.3 Å². The van der Waals surface area contributed by atoms with Crippen molar-refractivity contribution in [2.24, 2.45) is 16.6 Å². The molecular weight excluding hydrogens is 238 g/mol. The molecule has 1 saturated heterocycles. The SMILES string of the molecule is Cc1cccc(N2C(N)=NCC2C2CCOCC2)c1. The molecule has 4 heteroatoms. The normalized spacial score (nSPS) is 24.6. The summed E-state index contributed by atoms with van der Waals surface area (Å²) >= 11 is 0. The molecule has 0 aliphatic carbocycles. The second-order valence-corrected chi connectivity index (χ2v) is 5.43. The molecule has 1 fully saturated rings. The van der Waals surface area contributed by atoms with Gasteiger partial charge in [-0.2, -0.15) is 0 Å². The van der Waals surface area contributed by atoms with Crippen molar-refractivity contribution in [3.8, 4) is 0 Å². The Morgan fingerprint density at radius 1 is 1.32 bits per heavy atom. The standard InChI is InChI=1S/C15H21N3O/c1-11-3-2-4-13(9-11)18-14(10-17-15(18)16)12-5-7-19-8-6-12/h2-4,9,12,14H,5-8,10H2,1H3,(H2,16,17). The van der Waals surface area contributed by atoms with Crippen LogP contribution in [0.1, 0.15) is 18.4 Å². The molecule has 0 spiro atoms. The highest BCUT2D eigenvalue weighted by Gasteiger charge is 2.34. The van der Waals surface area contributed by atoms with Crippen LogP contribution in [0.3, 0.4) is 0 Å². The van der Waals surface area contributed by atoms with Crippen LogP contribution in [0.25, 0.3) is 0 Å². The zero-order valence-corrected chi connectivity index (χ0v) is 11.4. The number of aryl methyl sites for hydroxylation is 1. The number of guanidine groups is 1. The maximum absolute atomic E-state index is 6.10. The molecular formula is C15H21N3O. The van der Waals surface area contributed by atoms with Gasteiger partial charge in [0, 0.05) is 18.9 Å². The fourth-order valence-electron chi connectivity index (χ4n) is 3.08. The molecule has 2 aliphatic heterocycles. The number of hydrogen-bond acceptors (Lipinski definition) is 4. The average molecular weight is 259 g/mol. The largest absolute Gasteiger partial charge is 0.381 e. The second kappa shape index (κ2) is 5.21. The minimum Gasteiger partial charge on any atom is -0.381 e. The Balaban J connectivity index is 1.85. The second-order valence-electron chi connectivity index (χ2n) is 5.43. The van der Waals surface area contributed by atoms with Crippen molar-refractivity contribution in [3.63, 3.8) is 0 Å². The van der Waals surface area contributed by atoms with Crippen LogP contribution in [0, 0.1) is 12.8 Å². The van der Waals surface area contributed by atoms with E-state index in [0.29, 0.717) is 17.9 Å². The highest BCUT2D eigenvalue weighted by Crippen LogP contribution is 2.30. The summed E-state index contributed by atoms with van der Waals surface area (Å²) in [5.74, 6) is 1.28. The smallest absolute Gasteiger partial charge is 0.196 e. The Morgan fingerprint density at radius 2 is 2.11 bits per heavy atom. The van der Waals surface area contributed by atoms with E-state index in [4.69, 9.17) is 10.5 Å². The highest BCUT2D eigenvalue weighted by molar-refractivity contribution is 5.97. The molecule has 1 atom stereocenters. The molecule has 4 nitrogen and oxygen atoms in total. The Labute approximate surface area is 114 Å². The van der Waals surface area contributed by atoms with E-state index in [2.05, 4.69) is 41.1 Å². The lowest BCUT2D eigenvalue weighted by Crippen LogP contribution is -2.46. The van der Waals surface area contributed by atoms with Crippen LogP contribution in [0.15, 0.2) is 29.3 Å². The van der Waals surface area contributed by atoms with Crippen molar-refractivity contribution < 1.29 is 4.74 Å². The third kappa shape index (κ3) is 2.45. The summed E-state index contributed by atoms with van der Waals surface area (Å²) in [5.41, 5.74) is 8.52. The third-order valence-corrected chi connectivity index (χ3v) is 4.11. The molecule has 0 amide bonds. The zero-order chi connectivity index (χ0) is 13.2.